The molecule has 5 aromatic rings. The summed E-state index contributed by atoms with van der Waals surface area (Å²) in [5.41, 5.74) is 11.4. The van der Waals surface area contributed by atoms with Crippen LogP contribution in [0.1, 0.15) is 50.2 Å². The lowest BCUT2D eigenvalue weighted by molar-refractivity contribution is -0.118. The molecule has 6 rings (SSSR count). The average Bonchev–Trinajstić information content (AvgIpc) is 3.08. The Morgan fingerprint density at radius 1 is 0.822 bits per heavy atom. The fraction of sp³-hybridized carbons (Fsp3) is 0.162. The van der Waals surface area contributed by atoms with Gasteiger partial charge >= 0.3 is 0 Å². The quantitative estimate of drug-likeness (QED) is 0.113. The molecule has 45 heavy (non-hydrogen) atoms. The molecule has 0 bridgehead atoms. The number of nitrogens with zero attached hydrogens (tertiary/aromatic N) is 1. The van der Waals surface area contributed by atoms with Crippen molar-refractivity contribution < 1.29 is 14.4 Å². The van der Waals surface area contributed by atoms with Gasteiger partial charge < -0.3 is 16.4 Å². The summed E-state index contributed by atoms with van der Waals surface area (Å²) in [7, 11) is 0. The molecule has 0 radical (unpaired) electrons. The molecule has 8 heteroatoms. The average molecular weight is 615 g/mol. The summed E-state index contributed by atoms with van der Waals surface area (Å²) >= 11 is 1.37. The minimum Gasteiger partial charge on any atom is -0.380 e. The summed E-state index contributed by atoms with van der Waals surface area (Å²) in [5, 5.41) is 7.94. The van der Waals surface area contributed by atoms with Gasteiger partial charge in [-0.15, -0.1) is 11.8 Å². The third-order valence-corrected chi connectivity index (χ3v) is 9.03. The molecule has 0 spiro atoms. The molecule has 1 aliphatic heterocycles. The molecule has 4 N–H and O–H groups in total. The van der Waals surface area contributed by atoms with Gasteiger partial charge in [-0.1, -0.05) is 79.7 Å². The molecule has 5 aromatic carbocycles. The van der Waals surface area contributed by atoms with E-state index in [-0.39, 0.29) is 29.4 Å². The molecule has 0 saturated carbocycles. The van der Waals surface area contributed by atoms with Gasteiger partial charge in [-0.2, -0.15) is 0 Å². The van der Waals surface area contributed by atoms with E-state index < -0.39 is 0 Å². The van der Waals surface area contributed by atoms with Crippen LogP contribution in [0, 0.1) is 0 Å². The lowest BCUT2D eigenvalue weighted by atomic mass is 9.92. The zero-order chi connectivity index (χ0) is 31.3. The summed E-state index contributed by atoms with van der Waals surface area (Å²) in [5.74, 6) is -0.398. The molecular weight excluding hydrogens is 580 g/mol. The SMILES string of the molecule is CC(CNC(=O)CSc1cccc(N2C(=O)c3cccc4c(NCc5cccc(CN)c5)ccc(c34)C2=O)c1)c1ccccc1. The smallest absolute Gasteiger partial charge is 0.265 e. The van der Waals surface area contributed by atoms with Crippen molar-refractivity contribution in [2.75, 3.05) is 22.5 Å². The third kappa shape index (κ3) is 6.48. The zero-order valence-electron chi connectivity index (χ0n) is 25.0. The van der Waals surface area contributed by atoms with E-state index in [0.717, 1.165) is 27.1 Å². The summed E-state index contributed by atoms with van der Waals surface area (Å²) in [6, 6.07) is 34.6. The van der Waals surface area contributed by atoms with Crippen LogP contribution in [-0.4, -0.2) is 30.0 Å². The second-order valence-corrected chi connectivity index (χ2v) is 12.2. The maximum Gasteiger partial charge on any atom is 0.265 e. The van der Waals surface area contributed by atoms with Crippen molar-refractivity contribution in [3.05, 3.63) is 137 Å². The highest BCUT2D eigenvalue weighted by atomic mass is 32.2. The van der Waals surface area contributed by atoms with Crippen molar-refractivity contribution in [2.24, 2.45) is 5.73 Å². The highest BCUT2D eigenvalue weighted by Gasteiger charge is 2.34. The molecule has 1 atom stereocenters. The molecule has 226 valence electrons. The maximum atomic E-state index is 13.8. The Morgan fingerprint density at radius 2 is 1.56 bits per heavy atom. The number of rotatable bonds is 11. The summed E-state index contributed by atoms with van der Waals surface area (Å²) in [6.45, 7) is 3.68. The minimum atomic E-state index is -0.374. The van der Waals surface area contributed by atoms with Crippen LogP contribution in [0.4, 0.5) is 11.4 Å². The monoisotopic (exact) mass is 614 g/mol. The Bertz CT molecular complexity index is 1870. The number of imide groups is 1. The van der Waals surface area contributed by atoms with Crippen molar-refractivity contribution in [1.82, 2.24) is 5.32 Å². The fourth-order valence-corrected chi connectivity index (χ4v) is 6.41. The predicted octanol–water partition coefficient (Wildman–Crippen LogP) is 6.72. The number of nitrogens with one attached hydrogen (secondary N) is 2. The Balaban J connectivity index is 1.16. The summed E-state index contributed by atoms with van der Waals surface area (Å²) < 4.78 is 0. The standard InChI is InChI=1S/C37H34N4O3S/c1-24(27-10-3-2-4-11-27)21-40-34(42)23-45-29-13-6-12-28(19-29)41-36(43)31-15-7-14-30-33(17-16-32(35(30)31)37(41)44)39-22-26-9-5-8-25(18-26)20-38/h2-19,24,39H,20-23,38H2,1H3,(H,40,42). The molecule has 3 amide bonds. The largest absolute Gasteiger partial charge is 0.380 e. The Kier molecular flexibility index (Phi) is 8.96. The number of hydrogen-bond donors (Lipinski definition) is 3. The number of nitrogens with two attached hydrogens (primary N) is 1. The fourth-order valence-electron chi connectivity index (χ4n) is 5.63. The molecule has 7 nitrogen and oxygen atoms in total. The first kappa shape index (κ1) is 30.1. The van der Waals surface area contributed by atoms with Gasteiger partial charge in [0.1, 0.15) is 0 Å². The summed E-state index contributed by atoms with van der Waals surface area (Å²) in [4.78, 5) is 42.3. The number of anilines is 2. The van der Waals surface area contributed by atoms with Crippen LogP contribution < -0.4 is 21.3 Å². The topological polar surface area (TPSA) is 105 Å². The molecule has 1 aliphatic rings. The van der Waals surface area contributed by atoms with Gasteiger partial charge in [0.2, 0.25) is 5.91 Å². The molecule has 0 fully saturated rings. The van der Waals surface area contributed by atoms with Crippen LogP contribution in [0.15, 0.2) is 114 Å². The molecule has 0 aliphatic carbocycles. The van der Waals surface area contributed by atoms with Gasteiger partial charge in [0, 0.05) is 52.1 Å². The van der Waals surface area contributed by atoms with E-state index in [0.29, 0.717) is 41.8 Å². The van der Waals surface area contributed by atoms with E-state index >= 15 is 0 Å². The second-order valence-electron chi connectivity index (χ2n) is 11.1. The molecule has 1 unspecified atom stereocenters. The second kappa shape index (κ2) is 13.4. The van der Waals surface area contributed by atoms with Crippen LogP contribution in [0.3, 0.4) is 0 Å². The lowest BCUT2D eigenvalue weighted by Gasteiger charge is -2.28. The molecule has 0 saturated heterocycles. The van der Waals surface area contributed by atoms with Gasteiger partial charge in [-0.05, 0) is 59.0 Å². The normalized spacial score (nSPS) is 13.2. The maximum absolute atomic E-state index is 13.8. The van der Waals surface area contributed by atoms with Crippen LogP contribution >= 0.6 is 11.8 Å². The summed E-state index contributed by atoms with van der Waals surface area (Å²) in [6.07, 6.45) is 0. The Hall–Kier alpha value is -4.92. The van der Waals surface area contributed by atoms with E-state index in [2.05, 4.69) is 35.8 Å². The van der Waals surface area contributed by atoms with Crippen molar-refractivity contribution >= 4 is 51.6 Å². The number of carbonyl (C=O) groups is 3. The molecule has 1 heterocycles. The zero-order valence-corrected chi connectivity index (χ0v) is 25.8. The van der Waals surface area contributed by atoms with Crippen molar-refractivity contribution in [1.29, 1.82) is 0 Å². The third-order valence-electron chi connectivity index (χ3n) is 8.04. The minimum absolute atomic E-state index is 0.0737. The van der Waals surface area contributed by atoms with Gasteiger partial charge in [-0.3, -0.25) is 14.4 Å². The first-order chi connectivity index (χ1) is 21.9. The van der Waals surface area contributed by atoms with E-state index in [1.807, 2.05) is 60.7 Å². The van der Waals surface area contributed by atoms with Gasteiger partial charge in [0.05, 0.1) is 11.4 Å². The van der Waals surface area contributed by atoms with E-state index in [9.17, 15) is 14.4 Å². The van der Waals surface area contributed by atoms with E-state index in [1.54, 1.807) is 30.3 Å². The highest BCUT2D eigenvalue weighted by molar-refractivity contribution is 8.00. The van der Waals surface area contributed by atoms with Gasteiger partial charge in [0.15, 0.2) is 0 Å². The number of carbonyl (C=O) groups excluding carboxylic acids is 3. The number of benzene rings is 5. The first-order valence-electron chi connectivity index (χ1n) is 14.9. The van der Waals surface area contributed by atoms with Crippen LogP contribution in [0.5, 0.6) is 0 Å². The van der Waals surface area contributed by atoms with Gasteiger partial charge in [0.25, 0.3) is 11.8 Å². The lowest BCUT2D eigenvalue weighted by Crippen LogP contribution is -2.40. The Morgan fingerprint density at radius 3 is 2.36 bits per heavy atom. The number of hydrogen-bond acceptors (Lipinski definition) is 6. The van der Waals surface area contributed by atoms with Crippen LogP contribution in [-0.2, 0) is 17.9 Å². The molecular formula is C37H34N4O3S. The predicted molar refractivity (Wildman–Crippen MR) is 182 cm³/mol. The van der Waals surface area contributed by atoms with Gasteiger partial charge in [-0.25, -0.2) is 4.90 Å². The molecule has 0 aromatic heterocycles. The van der Waals surface area contributed by atoms with Crippen molar-refractivity contribution in [3.63, 3.8) is 0 Å². The van der Waals surface area contributed by atoms with Crippen molar-refractivity contribution in [3.8, 4) is 0 Å². The highest BCUT2D eigenvalue weighted by Crippen LogP contribution is 2.37. The van der Waals surface area contributed by atoms with Crippen LogP contribution in [0.2, 0.25) is 0 Å². The Labute approximate surface area is 266 Å². The van der Waals surface area contributed by atoms with Crippen molar-refractivity contribution in [2.45, 2.75) is 30.8 Å². The number of thioether (sulfide) groups is 1. The number of amides is 3. The van der Waals surface area contributed by atoms with E-state index in [1.165, 1.54) is 22.2 Å². The van der Waals surface area contributed by atoms with Crippen LogP contribution in [0.25, 0.3) is 10.8 Å². The first-order valence-corrected chi connectivity index (χ1v) is 15.9. The van der Waals surface area contributed by atoms with E-state index in [4.69, 9.17) is 5.73 Å².